The number of ether oxygens (including phenoxy) is 1. The number of benzene rings is 1. The number of furan rings is 1. The molecule has 0 fully saturated rings. The van der Waals surface area contributed by atoms with E-state index in [-0.39, 0.29) is 0 Å². The highest BCUT2D eigenvalue weighted by atomic mass is 16.5. The molecule has 0 saturated heterocycles. The van der Waals surface area contributed by atoms with Crippen molar-refractivity contribution in [3.8, 4) is 5.75 Å². The molecule has 1 aromatic carbocycles. The van der Waals surface area contributed by atoms with Crippen molar-refractivity contribution in [2.75, 3.05) is 17.7 Å². The Morgan fingerprint density at radius 3 is 2.65 bits per heavy atom. The smallest absolute Gasteiger partial charge is 0.225 e. The molecule has 0 amide bonds. The van der Waals surface area contributed by atoms with Gasteiger partial charge in [0.15, 0.2) is 0 Å². The van der Waals surface area contributed by atoms with Crippen LogP contribution in [-0.4, -0.2) is 17.1 Å². The molecule has 0 atom stereocenters. The molecule has 118 valence electrons. The molecule has 0 spiro atoms. The Morgan fingerprint density at radius 2 is 1.96 bits per heavy atom. The van der Waals surface area contributed by atoms with Gasteiger partial charge in [-0.3, -0.25) is 0 Å². The fourth-order valence-corrected chi connectivity index (χ4v) is 2.11. The third-order valence-corrected chi connectivity index (χ3v) is 3.22. The van der Waals surface area contributed by atoms with Crippen LogP contribution in [0.5, 0.6) is 5.75 Å². The van der Waals surface area contributed by atoms with Crippen molar-refractivity contribution in [1.82, 2.24) is 9.97 Å². The van der Waals surface area contributed by atoms with Crippen molar-refractivity contribution in [3.05, 3.63) is 60.2 Å². The number of hydrogen-bond donors (Lipinski definition) is 2. The van der Waals surface area contributed by atoms with Gasteiger partial charge in [0, 0.05) is 17.4 Å². The number of nitrogens with one attached hydrogen (secondary N) is 2. The minimum atomic E-state index is 0.540. The van der Waals surface area contributed by atoms with Gasteiger partial charge in [0.1, 0.15) is 17.3 Å². The first kappa shape index (κ1) is 14.9. The fraction of sp³-hybridized carbons (Fsp3) is 0.176. The summed E-state index contributed by atoms with van der Waals surface area (Å²) in [5.74, 6) is 2.93. The Balaban J connectivity index is 1.71. The van der Waals surface area contributed by atoms with Gasteiger partial charge in [0.2, 0.25) is 5.95 Å². The van der Waals surface area contributed by atoms with E-state index in [0.29, 0.717) is 12.5 Å². The van der Waals surface area contributed by atoms with Gasteiger partial charge < -0.3 is 19.8 Å². The molecule has 0 saturated carbocycles. The van der Waals surface area contributed by atoms with Crippen molar-refractivity contribution in [3.63, 3.8) is 0 Å². The van der Waals surface area contributed by atoms with Crippen LogP contribution in [0.25, 0.3) is 0 Å². The average Bonchev–Trinajstić information content (AvgIpc) is 3.07. The molecule has 23 heavy (non-hydrogen) atoms. The summed E-state index contributed by atoms with van der Waals surface area (Å²) in [4.78, 5) is 8.84. The van der Waals surface area contributed by atoms with Gasteiger partial charge in [-0.05, 0) is 43.3 Å². The third-order valence-electron chi connectivity index (χ3n) is 3.22. The summed E-state index contributed by atoms with van der Waals surface area (Å²) in [5, 5.41) is 6.42. The number of rotatable bonds is 6. The lowest BCUT2D eigenvalue weighted by Gasteiger charge is -2.10. The highest BCUT2D eigenvalue weighted by molar-refractivity contribution is 5.58. The molecule has 0 radical (unpaired) electrons. The summed E-state index contributed by atoms with van der Waals surface area (Å²) in [6, 6.07) is 13.3. The van der Waals surface area contributed by atoms with Crippen LogP contribution in [0.15, 0.2) is 53.1 Å². The summed E-state index contributed by atoms with van der Waals surface area (Å²) in [7, 11) is 1.65. The summed E-state index contributed by atoms with van der Waals surface area (Å²) < 4.78 is 10.4. The maximum Gasteiger partial charge on any atom is 0.225 e. The lowest BCUT2D eigenvalue weighted by atomic mass is 10.3. The molecule has 2 N–H and O–H groups in total. The molecular formula is C17H18N4O2. The van der Waals surface area contributed by atoms with Crippen molar-refractivity contribution >= 4 is 17.5 Å². The number of aromatic nitrogens is 2. The van der Waals surface area contributed by atoms with E-state index in [9.17, 15) is 0 Å². The molecule has 0 aliphatic rings. The van der Waals surface area contributed by atoms with E-state index < -0.39 is 0 Å². The van der Waals surface area contributed by atoms with Gasteiger partial charge in [-0.15, -0.1) is 0 Å². The molecule has 3 rings (SSSR count). The number of methoxy groups -OCH3 is 1. The SMILES string of the molecule is COc1ccc(Nc2cc(C)nc(NCc3ccco3)n2)cc1. The van der Waals surface area contributed by atoms with Crippen LogP contribution >= 0.6 is 0 Å². The minimum absolute atomic E-state index is 0.540. The second-order valence-corrected chi connectivity index (χ2v) is 5.00. The zero-order chi connectivity index (χ0) is 16.1. The quantitative estimate of drug-likeness (QED) is 0.722. The van der Waals surface area contributed by atoms with Gasteiger partial charge in [0.05, 0.1) is 19.9 Å². The van der Waals surface area contributed by atoms with E-state index in [4.69, 9.17) is 9.15 Å². The molecule has 0 aliphatic carbocycles. The van der Waals surface area contributed by atoms with Crippen molar-refractivity contribution in [2.45, 2.75) is 13.5 Å². The Labute approximate surface area is 134 Å². The van der Waals surface area contributed by atoms with Crippen LogP contribution < -0.4 is 15.4 Å². The Hall–Kier alpha value is -3.02. The summed E-state index contributed by atoms with van der Waals surface area (Å²) in [6.45, 7) is 2.47. The molecule has 0 bridgehead atoms. The van der Waals surface area contributed by atoms with Crippen LogP contribution in [0.4, 0.5) is 17.5 Å². The minimum Gasteiger partial charge on any atom is -0.497 e. The first-order valence-electron chi connectivity index (χ1n) is 7.26. The maximum atomic E-state index is 5.29. The first-order valence-corrected chi connectivity index (χ1v) is 7.26. The molecule has 0 aliphatic heterocycles. The van der Waals surface area contributed by atoms with Crippen LogP contribution in [0.3, 0.4) is 0 Å². The molecule has 2 heterocycles. The molecular weight excluding hydrogens is 292 g/mol. The first-order chi connectivity index (χ1) is 11.2. The highest BCUT2D eigenvalue weighted by Crippen LogP contribution is 2.20. The maximum absolute atomic E-state index is 5.29. The standard InChI is InChI=1S/C17H18N4O2/c1-12-10-16(20-13-5-7-14(22-2)8-6-13)21-17(19-12)18-11-15-4-3-9-23-15/h3-10H,11H2,1-2H3,(H2,18,19,20,21). The molecule has 6 heteroatoms. The van der Waals surface area contributed by atoms with Gasteiger partial charge in [-0.25, -0.2) is 4.98 Å². The van der Waals surface area contributed by atoms with Crippen LogP contribution in [-0.2, 0) is 6.54 Å². The lowest BCUT2D eigenvalue weighted by molar-refractivity contribution is 0.415. The lowest BCUT2D eigenvalue weighted by Crippen LogP contribution is -2.05. The zero-order valence-corrected chi connectivity index (χ0v) is 13.0. The third kappa shape index (κ3) is 4.00. The predicted molar refractivity (Wildman–Crippen MR) is 89.1 cm³/mol. The monoisotopic (exact) mass is 310 g/mol. The zero-order valence-electron chi connectivity index (χ0n) is 13.0. The fourth-order valence-electron chi connectivity index (χ4n) is 2.11. The number of hydrogen-bond acceptors (Lipinski definition) is 6. The summed E-state index contributed by atoms with van der Waals surface area (Å²) in [6.07, 6.45) is 1.64. The van der Waals surface area contributed by atoms with Crippen molar-refractivity contribution in [2.24, 2.45) is 0 Å². The average molecular weight is 310 g/mol. The van der Waals surface area contributed by atoms with Gasteiger partial charge >= 0.3 is 0 Å². The van der Waals surface area contributed by atoms with Gasteiger partial charge in [0.25, 0.3) is 0 Å². The van der Waals surface area contributed by atoms with E-state index in [1.165, 1.54) is 0 Å². The predicted octanol–water partition coefficient (Wildman–Crippen LogP) is 3.74. The van der Waals surface area contributed by atoms with E-state index in [1.807, 2.05) is 49.4 Å². The second kappa shape index (κ2) is 6.83. The Bertz CT molecular complexity index is 755. The van der Waals surface area contributed by atoms with Crippen LogP contribution in [0.1, 0.15) is 11.5 Å². The van der Waals surface area contributed by atoms with E-state index >= 15 is 0 Å². The van der Waals surface area contributed by atoms with Crippen molar-refractivity contribution < 1.29 is 9.15 Å². The molecule has 3 aromatic rings. The molecule has 0 unspecified atom stereocenters. The second-order valence-electron chi connectivity index (χ2n) is 5.00. The van der Waals surface area contributed by atoms with E-state index in [0.717, 1.165) is 28.7 Å². The Morgan fingerprint density at radius 1 is 1.13 bits per heavy atom. The molecule has 6 nitrogen and oxygen atoms in total. The summed E-state index contributed by atoms with van der Waals surface area (Å²) in [5.41, 5.74) is 1.80. The topological polar surface area (TPSA) is 72.2 Å². The van der Waals surface area contributed by atoms with Crippen LogP contribution in [0, 0.1) is 6.92 Å². The normalized spacial score (nSPS) is 10.3. The van der Waals surface area contributed by atoms with Crippen LogP contribution in [0.2, 0.25) is 0 Å². The largest absolute Gasteiger partial charge is 0.497 e. The number of anilines is 3. The Kier molecular flexibility index (Phi) is 4.42. The number of aryl methyl sites for hydroxylation is 1. The van der Waals surface area contributed by atoms with Gasteiger partial charge in [-0.1, -0.05) is 0 Å². The van der Waals surface area contributed by atoms with E-state index in [1.54, 1.807) is 13.4 Å². The number of nitrogens with zero attached hydrogens (tertiary/aromatic N) is 2. The van der Waals surface area contributed by atoms with Gasteiger partial charge in [-0.2, -0.15) is 4.98 Å². The molecule has 2 aromatic heterocycles. The van der Waals surface area contributed by atoms with Crippen molar-refractivity contribution in [1.29, 1.82) is 0 Å². The summed E-state index contributed by atoms with van der Waals surface area (Å²) >= 11 is 0. The highest BCUT2D eigenvalue weighted by Gasteiger charge is 2.04. The van der Waals surface area contributed by atoms with E-state index in [2.05, 4.69) is 20.6 Å².